The second kappa shape index (κ2) is 9.89. The molecule has 0 radical (unpaired) electrons. The molecule has 0 fully saturated rings. The lowest BCUT2D eigenvalue weighted by molar-refractivity contribution is 0.0916. The fourth-order valence-electron chi connectivity index (χ4n) is 3.77. The highest BCUT2D eigenvalue weighted by Crippen LogP contribution is 2.27. The number of carbonyl (C=O) groups excluding carboxylic acids is 1. The zero-order valence-electron chi connectivity index (χ0n) is 19.7. The molecule has 0 aliphatic carbocycles. The Labute approximate surface area is 204 Å². The van der Waals surface area contributed by atoms with Gasteiger partial charge >= 0.3 is 6.01 Å². The standard InChI is InChI=1S/C26H27N3O5S/c1-4-29-24-14-9-19(15-22(24)28-26(29)34-20-10-5-17(2)6-11-20)25(31)27-23(16-30)18-7-12-21(13-8-18)35(3,32)33/h5-15,23,30H,4,16H2,1-3H3,(H,27,31)/t23-/m0/s1. The predicted molar refractivity (Wildman–Crippen MR) is 134 cm³/mol. The van der Waals surface area contributed by atoms with Crippen LogP contribution in [0, 0.1) is 6.92 Å². The lowest BCUT2D eigenvalue weighted by atomic mass is 10.1. The van der Waals surface area contributed by atoms with E-state index in [0.29, 0.717) is 34.9 Å². The van der Waals surface area contributed by atoms with E-state index in [0.717, 1.165) is 17.3 Å². The number of ether oxygens (including phenoxy) is 1. The molecular weight excluding hydrogens is 466 g/mol. The van der Waals surface area contributed by atoms with E-state index in [9.17, 15) is 18.3 Å². The maximum atomic E-state index is 13.0. The lowest BCUT2D eigenvalue weighted by Gasteiger charge is -2.17. The number of fused-ring (bicyclic) bond motifs is 1. The van der Waals surface area contributed by atoms with Gasteiger partial charge in [-0.2, -0.15) is 4.98 Å². The molecule has 4 rings (SSSR count). The van der Waals surface area contributed by atoms with Crippen LogP contribution in [0.2, 0.25) is 0 Å². The summed E-state index contributed by atoms with van der Waals surface area (Å²) < 4.78 is 31.3. The van der Waals surface area contributed by atoms with Crippen LogP contribution in [0.4, 0.5) is 0 Å². The molecule has 1 heterocycles. The van der Waals surface area contributed by atoms with Crippen molar-refractivity contribution < 1.29 is 23.1 Å². The van der Waals surface area contributed by atoms with Crippen molar-refractivity contribution in [3.63, 3.8) is 0 Å². The molecule has 1 amide bonds. The third-order valence-electron chi connectivity index (χ3n) is 5.72. The summed E-state index contributed by atoms with van der Waals surface area (Å²) in [4.78, 5) is 17.7. The van der Waals surface area contributed by atoms with Gasteiger partial charge in [0.25, 0.3) is 5.91 Å². The van der Waals surface area contributed by atoms with Crippen molar-refractivity contribution in [3.05, 3.63) is 83.4 Å². The van der Waals surface area contributed by atoms with E-state index >= 15 is 0 Å². The number of nitrogens with zero attached hydrogens (tertiary/aromatic N) is 2. The second-order valence-corrected chi connectivity index (χ2v) is 10.3. The minimum absolute atomic E-state index is 0.171. The van der Waals surface area contributed by atoms with Gasteiger partial charge in [-0.3, -0.25) is 9.36 Å². The first-order valence-corrected chi connectivity index (χ1v) is 13.0. The van der Waals surface area contributed by atoms with Gasteiger partial charge in [-0.05, 0) is 61.9 Å². The van der Waals surface area contributed by atoms with Crippen molar-refractivity contribution in [2.75, 3.05) is 12.9 Å². The molecular formula is C26H27N3O5S. The van der Waals surface area contributed by atoms with Gasteiger partial charge in [0, 0.05) is 18.4 Å². The highest BCUT2D eigenvalue weighted by atomic mass is 32.2. The molecule has 0 aliphatic heterocycles. The molecule has 1 aromatic heterocycles. The third kappa shape index (κ3) is 5.36. The first kappa shape index (κ1) is 24.4. The minimum Gasteiger partial charge on any atom is -0.425 e. The molecule has 4 aromatic rings. The zero-order chi connectivity index (χ0) is 25.2. The highest BCUT2D eigenvalue weighted by Gasteiger charge is 2.18. The van der Waals surface area contributed by atoms with E-state index in [1.54, 1.807) is 24.3 Å². The van der Waals surface area contributed by atoms with Crippen molar-refractivity contribution in [2.45, 2.75) is 31.3 Å². The molecule has 3 aromatic carbocycles. The van der Waals surface area contributed by atoms with Gasteiger partial charge in [0.05, 0.1) is 28.6 Å². The normalized spacial score (nSPS) is 12.5. The fourth-order valence-corrected chi connectivity index (χ4v) is 4.40. The number of aliphatic hydroxyl groups excluding tert-OH is 1. The fraction of sp³-hybridized carbons (Fsp3) is 0.231. The molecule has 2 N–H and O–H groups in total. The second-order valence-electron chi connectivity index (χ2n) is 8.31. The molecule has 0 saturated carbocycles. The quantitative estimate of drug-likeness (QED) is 0.384. The summed E-state index contributed by atoms with van der Waals surface area (Å²) in [6.07, 6.45) is 1.13. The Morgan fingerprint density at radius 2 is 1.77 bits per heavy atom. The van der Waals surface area contributed by atoms with Gasteiger partial charge in [0.1, 0.15) is 5.75 Å². The number of nitrogens with one attached hydrogen (secondary N) is 1. The van der Waals surface area contributed by atoms with E-state index in [4.69, 9.17) is 4.74 Å². The van der Waals surface area contributed by atoms with Crippen molar-refractivity contribution in [2.24, 2.45) is 0 Å². The van der Waals surface area contributed by atoms with E-state index in [-0.39, 0.29) is 17.4 Å². The Morgan fingerprint density at radius 1 is 1.09 bits per heavy atom. The Balaban J connectivity index is 1.57. The number of hydrogen-bond acceptors (Lipinski definition) is 6. The SMILES string of the molecule is CCn1c(Oc2ccc(C)cc2)nc2cc(C(=O)N[C@@H](CO)c3ccc(S(C)(=O)=O)cc3)ccc21. The summed E-state index contributed by atoms with van der Waals surface area (Å²) in [5.74, 6) is 0.288. The summed E-state index contributed by atoms with van der Waals surface area (Å²) in [5, 5.41) is 12.6. The maximum Gasteiger partial charge on any atom is 0.302 e. The first-order valence-electron chi connectivity index (χ1n) is 11.2. The Kier molecular flexibility index (Phi) is 6.90. The van der Waals surface area contributed by atoms with Crippen LogP contribution in [-0.2, 0) is 16.4 Å². The zero-order valence-corrected chi connectivity index (χ0v) is 20.5. The Morgan fingerprint density at radius 3 is 2.37 bits per heavy atom. The minimum atomic E-state index is -3.33. The number of aromatic nitrogens is 2. The van der Waals surface area contributed by atoms with E-state index in [1.165, 1.54) is 12.1 Å². The summed E-state index contributed by atoms with van der Waals surface area (Å²) in [5.41, 5.74) is 3.55. The van der Waals surface area contributed by atoms with Crippen molar-refractivity contribution in [3.8, 4) is 11.8 Å². The molecule has 8 nitrogen and oxygen atoms in total. The van der Waals surface area contributed by atoms with Crippen LogP contribution < -0.4 is 10.1 Å². The van der Waals surface area contributed by atoms with Gasteiger partial charge < -0.3 is 15.2 Å². The van der Waals surface area contributed by atoms with Crippen molar-refractivity contribution in [1.82, 2.24) is 14.9 Å². The molecule has 35 heavy (non-hydrogen) atoms. The van der Waals surface area contributed by atoms with E-state index < -0.39 is 15.9 Å². The van der Waals surface area contributed by atoms with Gasteiger partial charge in [-0.1, -0.05) is 29.8 Å². The van der Waals surface area contributed by atoms with Crippen molar-refractivity contribution in [1.29, 1.82) is 0 Å². The molecule has 0 aliphatic rings. The van der Waals surface area contributed by atoms with E-state index in [1.807, 2.05) is 48.7 Å². The van der Waals surface area contributed by atoms with Gasteiger partial charge in [-0.15, -0.1) is 0 Å². The van der Waals surface area contributed by atoms with Crippen LogP contribution in [0.3, 0.4) is 0 Å². The average molecular weight is 494 g/mol. The highest BCUT2D eigenvalue weighted by molar-refractivity contribution is 7.90. The maximum absolute atomic E-state index is 13.0. The number of benzene rings is 3. The number of rotatable bonds is 8. The molecule has 0 unspecified atom stereocenters. The topological polar surface area (TPSA) is 111 Å². The summed E-state index contributed by atoms with van der Waals surface area (Å²) in [7, 11) is -3.33. The number of imidazole rings is 1. The number of aryl methyl sites for hydroxylation is 2. The molecule has 0 bridgehead atoms. The lowest BCUT2D eigenvalue weighted by Crippen LogP contribution is -2.30. The number of aliphatic hydroxyl groups is 1. The van der Waals surface area contributed by atoms with Crippen LogP contribution in [0.15, 0.2) is 71.6 Å². The monoisotopic (exact) mass is 493 g/mol. The summed E-state index contributed by atoms with van der Waals surface area (Å²) in [6.45, 7) is 4.29. The van der Waals surface area contributed by atoms with Gasteiger partial charge in [0.15, 0.2) is 9.84 Å². The number of carbonyl (C=O) groups is 1. The molecule has 182 valence electrons. The summed E-state index contributed by atoms with van der Waals surface area (Å²) in [6, 6.07) is 18.7. The Hall–Kier alpha value is -3.69. The van der Waals surface area contributed by atoms with Crippen LogP contribution in [0.1, 0.15) is 34.5 Å². The van der Waals surface area contributed by atoms with Crippen LogP contribution in [0.5, 0.6) is 11.8 Å². The number of amides is 1. The number of hydrogen-bond donors (Lipinski definition) is 2. The molecule has 0 spiro atoms. The van der Waals surface area contributed by atoms with Gasteiger partial charge in [0.2, 0.25) is 0 Å². The van der Waals surface area contributed by atoms with Crippen LogP contribution in [-0.4, -0.2) is 41.8 Å². The average Bonchev–Trinajstić information content (AvgIpc) is 3.19. The number of sulfone groups is 1. The van der Waals surface area contributed by atoms with Crippen LogP contribution >= 0.6 is 0 Å². The molecule has 0 saturated heterocycles. The van der Waals surface area contributed by atoms with Gasteiger partial charge in [-0.25, -0.2) is 8.42 Å². The van der Waals surface area contributed by atoms with Crippen LogP contribution in [0.25, 0.3) is 11.0 Å². The molecule has 9 heteroatoms. The van der Waals surface area contributed by atoms with E-state index in [2.05, 4.69) is 10.3 Å². The van der Waals surface area contributed by atoms with Crippen molar-refractivity contribution >= 4 is 26.8 Å². The largest absolute Gasteiger partial charge is 0.425 e. The Bertz CT molecular complexity index is 1460. The third-order valence-corrected chi connectivity index (χ3v) is 6.85. The first-order chi connectivity index (χ1) is 16.7. The molecule has 1 atom stereocenters. The smallest absolute Gasteiger partial charge is 0.302 e. The predicted octanol–water partition coefficient (Wildman–Crippen LogP) is 4.02. The summed E-state index contributed by atoms with van der Waals surface area (Å²) >= 11 is 0.